The lowest BCUT2D eigenvalue weighted by Crippen LogP contribution is -2.46. The average molecular weight is 571 g/mol. The van der Waals surface area contributed by atoms with Crippen molar-refractivity contribution in [2.75, 3.05) is 37.6 Å². The van der Waals surface area contributed by atoms with Gasteiger partial charge < -0.3 is 19.1 Å². The Bertz CT molecular complexity index is 1680. The zero-order valence-electron chi connectivity index (χ0n) is 24.4. The molecule has 0 spiro atoms. The molecule has 6 rings (SSSR count). The second-order valence-corrected chi connectivity index (χ2v) is 11.2. The fourth-order valence-corrected chi connectivity index (χ4v) is 5.77. The number of hydrogen-bond acceptors (Lipinski definition) is 4. The Labute approximate surface area is 253 Å². The van der Waals surface area contributed by atoms with Crippen molar-refractivity contribution in [1.82, 2.24) is 14.0 Å². The van der Waals surface area contributed by atoms with Gasteiger partial charge in [0.05, 0.1) is 12.1 Å². The first-order valence-corrected chi connectivity index (χ1v) is 15.0. The molecule has 3 aromatic carbocycles. The highest BCUT2D eigenvalue weighted by atomic mass is 16.3. The van der Waals surface area contributed by atoms with E-state index in [1.54, 1.807) is 4.57 Å². The van der Waals surface area contributed by atoms with Gasteiger partial charge >= 0.3 is 0 Å². The first kappa shape index (κ1) is 28.3. The Hall–Kier alpha value is -4.81. The van der Waals surface area contributed by atoms with E-state index in [4.69, 9.17) is 0 Å². The zero-order chi connectivity index (χ0) is 29.4. The summed E-state index contributed by atoms with van der Waals surface area (Å²) in [6, 6.07) is 34.8. The molecule has 0 radical (unpaired) electrons. The van der Waals surface area contributed by atoms with Gasteiger partial charge in [0.2, 0.25) is 0 Å². The molecule has 0 unspecified atom stereocenters. The maximum absolute atomic E-state index is 13.5. The van der Waals surface area contributed by atoms with Crippen LogP contribution in [0.2, 0.25) is 0 Å². The molecule has 1 N–H and O–H groups in total. The molecule has 218 valence electrons. The SMILES string of the molecule is O=c1c(C(O)=CCCN2CCN(c3ccc(-n4cccc4)cc3)CC2)cc(Cc2ccccc2)cn1Cc1ccccc1. The van der Waals surface area contributed by atoms with Crippen LogP contribution in [0.1, 0.15) is 28.7 Å². The molecular weight excluding hydrogens is 532 g/mol. The van der Waals surface area contributed by atoms with Crippen molar-refractivity contribution in [3.05, 3.63) is 160 Å². The normalized spacial score (nSPS) is 14.2. The van der Waals surface area contributed by atoms with Crippen LogP contribution < -0.4 is 10.5 Å². The van der Waals surface area contributed by atoms with Crippen molar-refractivity contribution in [2.24, 2.45) is 0 Å². The summed E-state index contributed by atoms with van der Waals surface area (Å²) in [5.41, 5.74) is 5.80. The molecule has 0 bridgehead atoms. The van der Waals surface area contributed by atoms with E-state index in [9.17, 15) is 9.90 Å². The Morgan fingerprint density at radius 3 is 2.02 bits per heavy atom. The molecular formula is C37H38N4O2. The standard InChI is InChI=1S/C37H38N4O2/c42-36(14-9-19-38-22-24-40(25-23-38)34-17-15-33(16-18-34)39-20-7-8-21-39)35-27-32(26-30-10-3-1-4-11-30)29-41(37(35)43)28-31-12-5-2-6-13-31/h1-8,10-18,20-21,27,29,42H,9,19,22-26,28H2. The Balaban J connectivity index is 1.10. The van der Waals surface area contributed by atoms with Gasteiger partial charge in [-0.25, -0.2) is 0 Å². The number of aliphatic hydroxyl groups excluding tert-OH is 1. The summed E-state index contributed by atoms with van der Waals surface area (Å²) in [5, 5.41) is 11.1. The molecule has 1 aliphatic rings. The van der Waals surface area contributed by atoms with E-state index in [0.717, 1.165) is 55.1 Å². The highest BCUT2D eigenvalue weighted by Crippen LogP contribution is 2.20. The number of pyridine rings is 1. The number of piperazine rings is 1. The predicted octanol–water partition coefficient (Wildman–Crippen LogP) is 6.39. The fourth-order valence-electron chi connectivity index (χ4n) is 5.77. The topological polar surface area (TPSA) is 53.6 Å². The summed E-state index contributed by atoms with van der Waals surface area (Å²) in [4.78, 5) is 18.3. The number of aliphatic hydroxyl groups is 1. The van der Waals surface area contributed by atoms with Crippen molar-refractivity contribution in [3.8, 4) is 5.69 Å². The van der Waals surface area contributed by atoms with E-state index in [0.29, 0.717) is 24.9 Å². The maximum atomic E-state index is 13.5. The van der Waals surface area contributed by atoms with Crippen molar-refractivity contribution in [3.63, 3.8) is 0 Å². The number of benzene rings is 3. The Kier molecular flexibility index (Phi) is 8.85. The molecule has 2 aromatic heterocycles. The summed E-state index contributed by atoms with van der Waals surface area (Å²) in [5.74, 6) is 0.0585. The lowest BCUT2D eigenvalue weighted by molar-refractivity contribution is 0.262. The number of hydrogen-bond donors (Lipinski definition) is 1. The molecule has 6 heteroatoms. The Morgan fingerprint density at radius 2 is 1.35 bits per heavy atom. The van der Waals surface area contributed by atoms with E-state index >= 15 is 0 Å². The van der Waals surface area contributed by atoms with Gasteiger partial charge in [0.25, 0.3) is 5.56 Å². The van der Waals surface area contributed by atoms with E-state index < -0.39 is 0 Å². The van der Waals surface area contributed by atoms with Gasteiger partial charge in [-0.1, -0.05) is 60.7 Å². The molecule has 6 nitrogen and oxygen atoms in total. The second-order valence-electron chi connectivity index (χ2n) is 11.2. The molecule has 1 aliphatic heterocycles. The van der Waals surface area contributed by atoms with Gasteiger partial charge in [-0.2, -0.15) is 0 Å². The average Bonchev–Trinajstić information content (AvgIpc) is 3.59. The van der Waals surface area contributed by atoms with Crippen LogP contribution >= 0.6 is 0 Å². The van der Waals surface area contributed by atoms with Gasteiger partial charge in [-0.05, 0) is 78.1 Å². The van der Waals surface area contributed by atoms with Gasteiger partial charge in [0.1, 0.15) is 5.76 Å². The lowest BCUT2D eigenvalue weighted by atomic mass is 10.0. The van der Waals surface area contributed by atoms with Crippen LogP contribution in [0.3, 0.4) is 0 Å². The highest BCUT2D eigenvalue weighted by Gasteiger charge is 2.17. The molecule has 0 aliphatic carbocycles. The Morgan fingerprint density at radius 1 is 0.721 bits per heavy atom. The van der Waals surface area contributed by atoms with Gasteiger partial charge in [0, 0.05) is 62.7 Å². The van der Waals surface area contributed by atoms with Gasteiger partial charge in [0.15, 0.2) is 0 Å². The molecule has 43 heavy (non-hydrogen) atoms. The van der Waals surface area contributed by atoms with Gasteiger partial charge in [-0.15, -0.1) is 0 Å². The van der Waals surface area contributed by atoms with Crippen LogP contribution in [0.25, 0.3) is 11.4 Å². The van der Waals surface area contributed by atoms with E-state index in [-0.39, 0.29) is 11.3 Å². The summed E-state index contributed by atoms with van der Waals surface area (Å²) in [7, 11) is 0. The van der Waals surface area contributed by atoms with E-state index in [1.165, 1.54) is 5.69 Å². The largest absolute Gasteiger partial charge is 0.507 e. The van der Waals surface area contributed by atoms with Crippen LogP contribution in [0.4, 0.5) is 5.69 Å². The monoisotopic (exact) mass is 570 g/mol. The van der Waals surface area contributed by atoms with Crippen molar-refractivity contribution >= 4 is 11.4 Å². The van der Waals surface area contributed by atoms with Crippen LogP contribution in [-0.2, 0) is 13.0 Å². The molecule has 3 heterocycles. The fraction of sp³-hybridized carbons (Fsp3) is 0.216. The quantitative estimate of drug-likeness (QED) is 0.198. The van der Waals surface area contributed by atoms with Crippen molar-refractivity contribution in [2.45, 2.75) is 19.4 Å². The van der Waals surface area contributed by atoms with E-state index in [2.05, 4.69) is 63.2 Å². The molecule has 0 amide bonds. The predicted molar refractivity (Wildman–Crippen MR) is 175 cm³/mol. The third kappa shape index (κ3) is 7.16. The van der Waals surface area contributed by atoms with Crippen LogP contribution in [-0.4, -0.2) is 51.9 Å². The third-order valence-corrected chi connectivity index (χ3v) is 8.14. The summed E-state index contributed by atoms with van der Waals surface area (Å²) >= 11 is 0. The van der Waals surface area contributed by atoms with Gasteiger partial charge in [-0.3, -0.25) is 9.69 Å². The molecule has 1 fully saturated rings. The van der Waals surface area contributed by atoms with Crippen LogP contribution in [0.15, 0.2) is 133 Å². The minimum Gasteiger partial charge on any atom is -0.507 e. The first-order valence-electron chi connectivity index (χ1n) is 15.0. The van der Waals surface area contributed by atoms with Crippen molar-refractivity contribution in [1.29, 1.82) is 0 Å². The third-order valence-electron chi connectivity index (χ3n) is 8.14. The summed E-state index contributed by atoms with van der Waals surface area (Å²) in [6.45, 7) is 5.15. The van der Waals surface area contributed by atoms with E-state index in [1.807, 2.05) is 79.0 Å². The zero-order valence-corrected chi connectivity index (χ0v) is 24.4. The number of anilines is 1. The smallest absolute Gasteiger partial charge is 0.261 e. The molecule has 5 aromatic rings. The first-order chi connectivity index (χ1) is 21.1. The minimum absolute atomic E-state index is 0.0585. The second kappa shape index (κ2) is 13.4. The minimum atomic E-state index is -0.175. The highest BCUT2D eigenvalue weighted by molar-refractivity contribution is 5.58. The molecule has 0 atom stereocenters. The maximum Gasteiger partial charge on any atom is 0.261 e. The lowest BCUT2D eigenvalue weighted by Gasteiger charge is -2.36. The summed E-state index contributed by atoms with van der Waals surface area (Å²) in [6.07, 6.45) is 9.21. The summed E-state index contributed by atoms with van der Waals surface area (Å²) < 4.78 is 3.83. The van der Waals surface area contributed by atoms with Crippen LogP contribution in [0.5, 0.6) is 0 Å². The molecule has 1 saturated heterocycles. The number of aromatic nitrogens is 2. The van der Waals surface area contributed by atoms with Crippen molar-refractivity contribution < 1.29 is 5.11 Å². The molecule has 0 saturated carbocycles. The number of nitrogens with zero attached hydrogens (tertiary/aromatic N) is 4. The van der Waals surface area contributed by atoms with Crippen LogP contribution in [0, 0.1) is 0 Å². The number of rotatable bonds is 10.